The number of primary amides is 1. The number of aromatic nitrogens is 2. The number of nitrogens with zero attached hydrogens (tertiary/aromatic N) is 3. The molecule has 0 bridgehead atoms. The molecule has 1 fully saturated rings. The Morgan fingerprint density at radius 3 is 2.53 bits per heavy atom. The first-order chi connectivity index (χ1) is 18.2. The average Bonchev–Trinajstić information content (AvgIpc) is 3.40. The summed E-state index contributed by atoms with van der Waals surface area (Å²) in [6.45, 7) is 3.25. The predicted molar refractivity (Wildman–Crippen MR) is 142 cm³/mol. The van der Waals surface area contributed by atoms with Crippen molar-refractivity contribution in [2.45, 2.75) is 25.8 Å². The van der Waals surface area contributed by atoms with Crippen LogP contribution >= 0.6 is 0 Å². The molecule has 1 saturated heterocycles. The van der Waals surface area contributed by atoms with E-state index in [9.17, 15) is 18.4 Å². The number of hydrogen-bond donors (Lipinski definition) is 2. The number of halogens is 2. The molecule has 2 aromatic heterocycles. The van der Waals surface area contributed by atoms with Crippen molar-refractivity contribution in [3.05, 3.63) is 83.2 Å². The number of nitrogens with one attached hydrogen (secondary N) is 1. The van der Waals surface area contributed by atoms with E-state index in [-0.39, 0.29) is 28.8 Å². The van der Waals surface area contributed by atoms with Crippen molar-refractivity contribution in [3.8, 4) is 22.4 Å². The summed E-state index contributed by atoms with van der Waals surface area (Å²) in [5.74, 6) is -2.45. The summed E-state index contributed by atoms with van der Waals surface area (Å²) < 4.78 is 28.4. The van der Waals surface area contributed by atoms with Crippen molar-refractivity contribution in [1.29, 1.82) is 0 Å². The summed E-state index contributed by atoms with van der Waals surface area (Å²) in [6, 6.07) is 12.0. The number of hydrogen-bond acceptors (Lipinski definition) is 5. The molecule has 1 aliphatic heterocycles. The molecule has 5 rings (SSSR count). The molecule has 38 heavy (non-hydrogen) atoms. The molecule has 0 aliphatic carbocycles. The van der Waals surface area contributed by atoms with Crippen molar-refractivity contribution < 1.29 is 18.4 Å². The van der Waals surface area contributed by atoms with Crippen molar-refractivity contribution in [2.24, 2.45) is 5.73 Å². The second-order valence-electron chi connectivity index (χ2n) is 9.64. The second-order valence-corrected chi connectivity index (χ2v) is 9.64. The number of pyridine rings is 2. The Morgan fingerprint density at radius 1 is 1.08 bits per heavy atom. The van der Waals surface area contributed by atoms with Gasteiger partial charge >= 0.3 is 0 Å². The van der Waals surface area contributed by atoms with E-state index in [1.54, 1.807) is 42.3 Å². The van der Waals surface area contributed by atoms with Gasteiger partial charge in [-0.1, -0.05) is 12.1 Å². The van der Waals surface area contributed by atoms with Crippen LogP contribution < -0.4 is 11.1 Å². The van der Waals surface area contributed by atoms with E-state index in [2.05, 4.69) is 15.3 Å². The number of amides is 2. The molecule has 7 nitrogen and oxygen atoms in total. The van der Waals surface area contributed by atoms with Crippen LogP contribution in [0.5, 0.6) is 0 Å². The molecule has 194 valence electrons. The molecule has 3 heterocycles. The Hall–Kier alpha value is -4.24. The number of nitrogens with two attached hydrogens (primary N) is 1. The van der Waals surface area contributed by atoms with E-state index >= 15 is 0 Å². The fraction of sp³-hybridized carbons (Fsp3) is 0.241. The maximum Gasteiger partial charge on any atom is 0.267 e. The molecular formula is C29H27F2N5O2. The highest BCUT2D eigenvalue weighted by Gasteiger charge is 2.25. The first-order valence-corrected chi connectivity index (χ1v) is 12.4. The van der Waals surface area contributed by atoms with E-state index in [0.29, 0.717) is 34.3 Å². The third-order valence-electron chi connectivity index (χ3n) is 6.88. The topological polar surface area (TPSA) is 101 Å². The van der Waals surface area contributed by atoms with Gasteiger partial charge in [-0.05, 0) is 67.8 Å². The first kappa shape index (κ1) is 25.4. The fourth-order valence-electron chi connectivity index (χ4n) is 4.97. The lowest BCUT2D eigenvalue weighted by molar-refractivity contribution is 0.0786. The average molecular weight is 516 g/mol. The maximum absolute atomic E-state index is 14.2. The van der Waals surface area contributed by atoms with Gasteiger partial charge in [0.05, 0.1) is 16.8 Å². The highest BCUT2D eigenvalue weighted by molar-refractivity contribution is 6.12. The number of carbonyl (C=O) groups is 2. The van der Waals surface area contributed by atoms with E-state index in [1.165, 1.54) is 18.3 Å². The van der Waals surface area contributed by atoms with Crippen LogP contribution in [0.2, 0.25) is 0 Å². The van der Waals surface area contributed by atoms with Crippen molar-refractivity contribution in [1.82, 2.24) is 20.2 Å². The van der Waals surface area contributed by atoms with Crippen LogP contribution in [0.25, 0.3) is 33.3 Å². The van der Waals surface area contributed by atoms with Gasteiger partial charge in [-0.15, -0.1) is 0 Å². The van der Waals surface area contributed by atoms with Crippen LogP contribution in [-0.4, -0.2) is 52.9 Å². The Bertz CT molecular complexity index is 1550. The van der Waals surface area contributed by atoms with Crippen LogP contribution in [0.15, 0.2) is 54.7 Å². The summed E-state index contributed by atoms with van der Waals surface area (Å²) in [5, 5.41) is 3.90. The van der Waals surface area contributed by atoms with Crippen LogP contribution in [-0.2, 0) is 0 Å². The quantitative estimate of drug-likeness (QED) is 0.395. The van der Waals surface area contributed by atoms with Crippen LogP contribution in [0.3, 0.4) is 0 Å². The predicted octanol–water partition coefficient (Wildman–Crippen LogP) is 4.47. The van der Waals surface area contributed by atoms with Gasteiger partial charge in [-0.25, -0.2) is 13.8 Å². The summed E-state index contributed by atoms with van der Waals surface area (Å²) >= 11 is 0. The summed E-state index contributed by atoms with van der Waals surface area (Å²) in [4.78, 5) is 36.3. The molecule has 2 amide bonds. The molecule has 0 saturated carbocycles. The second kappa shape index (κ2) is 10.3. The molecule has 1 atom stereocenters. The van der Waals surface area contributed by atoms with E-state index in [0.717, 1.165) is 31.0 Å². The van der Waals surface area contributed by atoms with Gasteiger partial charge in [0.15, 0.2) is 0 Å². The zero-order chi connectivity index (χ0) is 27.0. The van der Waals surface area contributed by atoms with Gasteiger partial charge in [-0.2, -0.15) is 0 Å². The minimum absolute atomic E-state index is 0.118. The lowest BCUT2D eigenvalue weighted by Gasteiger charge is -2.24. The van der Waals surface area contributed by atoms with Crippen LogP contribution in [0, 0.1) is 18.6 Å². The van der Waals surface area contributed by atoms with Crippen molar-refractivity contribution >= 4 is 22.7 Å². The summed E-state index contributed by atoms with van der Waals surface area (Å²) in [6.07, 6.45) is 3.48. The lowest BCUT2D eigenvalue weighted by atomic mass is 9.94. The number of carbonyl (C=O) groups excluding carboxylic acids is 2. The zero-order valence-electron chi connectivity index (χ0n) is 21.1. The molecule has 3 N–H and O–H groups in total. The van der Waals surface area contributed by atoms with Crippen LogP contribution in [0.4, 0.5) is 8.78 Å². The highest BCUT2D eigenvalue weighted by atomic mass is 19.1. The Kier molecular flexibility index (Phi) is 6.86. The minimum atomic E-state index is -0.751. The standard InChI is InChI=1S/C29H27F2N5O2/c1-16-5-7-25(28(32)37)35-27(16)17-6-8-24-22(12-17)26(29(38)36(2)15-21-4-3-9-33-21)23(14-34-24)18-10-19(30)13-20(31)11-18/h5-8,10-14,21,33H,3-4,9,15H2,1-2H3,(H2,32,37)/t21-/m0/s1. The smallest absolute Gasteiger partial charge is 0.267 e. The minimum Gasteiger partial charge on any atom is -0.364 e. The van der Waals surface area contributed by atoms with Gasteiger partial charge in [-0.3, -0.25) is 14.6 Å². The van der Waals surface area contributed by atoms with Gasteiger partial charge in [0.25, 0.3) is 11.8 Å². The number of aryl methyl sites for hydroxylation is 1. The largest absolute Gasteiger partial charge is 0.364 e. The number of fused-ring (bicyclic) bond motifs is 1. The normalized spacial score (nSPS) is 15.1. The van der Waals surface area contributed by atoms with Gasteiger partial charge < -0.3 is 16.0 Å². The molecule has 0 spiro atoms. The molecule has 2 aromatic carbocycles. The third kappa shape index (κ3) is 4.97. The van der Waals surface area contributed by atoms with Crippen molar-refractivity contribution in [2.75, 3.05) is 20.1 Å². The van der Waals surface area contributed by atoms with E-state index in [1.807, 2.05) is 6.92 Å². The Morgan fingerprint density at radius 2 is 1.84 bits per heavy atom. The highest BCUT2D eigenvalue weighted by Crippen LogP contribution is 2.34. The van der Waals surface area contributed by atoms with Crippen LogP contribution in [0.1, 0.15) is 39.3 Å². The fourth-order valence-corrected chi connectivity index (χ4v) is 4.97. The molecule has 9 heteroatoms. The summed E-state index contributed by atoms with van der Waals surface area (Å²) in [5.41, 5.74) is 8.91. The molecular weight excluding hydrogens is 488 g/mol. The molecule has 1 aliphatic rings. The molecule has 0 unspecified atom stereocenters. The first-order valence-electron chi connectivity index (χ1n) is 12.4. The monoisotopic (exact) mass is 515 g/mol. The van der Waals surface area contributed by atoms with Gasteiger partial charge in [0, 0.05) is 48.4 Å². The summed E-state index contributed by atoms with van der Waals surface area (Å²) in [7, 11) is 1.72. The van der Waals surface area contributed by atoms with Gasteiger partial charge in [0.1, 0.15) is 17.3 Å². The number of rotatable bonds is 6. The molecule has 4 aromatic rings. The number of likely N-dealkylation sites (N-methyl/N-ethyl adjacent to an activating group) is 1. The lowest BCUT2D eigenvalue weighted by Crippen LogP contribution is -2.38. The Labute approximate surface area is 218 Å². The zero-order valence-corrected chi connectivity index (χ0v) is 21.1. The SMILES string of the molecule is Cc1ccc(C(N)=O)nc1-c1ccc2ncc(-c3cc(F)cc(F)c3)c(C(=O)N(C)C[C@@H]3CCCN3)c2c1. The van der Waals surface area contributed by atoms with Gasteiger partial charge in [0.2, 0.25) is 0 Å². The van der Waals surface area contributed by atoms with E-state index < -0.39 is 17.5 Å². The van der Waals surface area contributed by atoms with Crippen molar-refractivity contribution in [3.63, 3.8) is 0 Å². The van der Waals surface area contributed by atoms with E-state index in [4.69, 9.17) is 5.73 Å². The third-order valence-corrected chi connectivity index (χ3v) is 6.88. The maximum atomic E-state index is 14.2. The Balaban J connectivity index is 1.71. The molecule has 0 radical (unpaired) electrons. The number of benzene rings is 2.